The number of rotatable bonds is 4. The van der Waals surface area contributed by atoms with Crippen molar-refractivity contribution >= 4 is 11.5 Å². The van der Waals surface area contributed by atoms with Crippen LogP contribution >= 0.6 is 0 Å². The number of phenolic OH excluding ortho intramolecular Hbond substituents is 1. The number of carbonyl (C=O) groups excluding carboxylic acids is 1. The fraction of sp³-hybridized carbons (Fsp3) is 0.200. The van der Waals surface area contributed by atoms with Crippen molar-refractivity contribution in [3.63, 3.8) is 0 Å². The Morgan fingerprint density at radius 1 is 1.10 bits per heavy atom. The molecule has 106 valence electrons. The fourth-order valence-electron chi connectivity index (χ4n) is 1.76. The number of benzene rings is 1. The normalized spacial score (nSPS) is 9.70. The molecule has 0 aliphatic heterocycles. The van der Waals surface area contributed by atoms with Gasteiger partial charge in [-0.25, -0.2) is 0 Å². The molecule has 1 N–H and O–H groups in total. The second-order valence-electron chi connectivity index (χ2n) is 4.59. The number of carbonyl (C=O) groups is 1. The van der Waals surface area contributed by atoms with Crippen molar-refractivity contribution in [2.75, 3.05) is 19.0 Å². The third-order valence-electron chi connectivity index (χ3n) is 2.91. The number of anilines is 1. The number of hydrogen-bond donors (Lipinski definition) is 1. The highest BCUT2D eigenvalue weighted by Gasteiger charge is 2.12. The third kappa shape index (κ3) is 4.06. The Balaban J connectivity index is 0.00000200. The van der Waals surface area contributed by atoms with Gasteiger partial charge in [-0.05, 0) is 24.3 Å². The maximum atomic E-state index is 12.0. The zero-order valence-corrected chi connectivity index (χ0v) is 13.0. The van der Waals surface area contributed by atoms with Crippen molar-refractivity contribution in [2.45, 2.75) is 6.54 Å². The lowest BCUT2D eigenvalue weighted by Gasteiger charge is -2.10. The first kappa shape index (κ1) is 16.2. The molecule has 0 amide bonds. The number of phenols is 1. The van der Waals surface area contributed by atoms with Crippen LogP contribution in [0.5, 0.6) is 5.75 Å². The van der Waals surface area contributed by atoms with Crippen LogP contribution in [0.15, 0.2) is 48.8 Å². The molecule has 0 spiro atoms. The summed E-state index contributed by atoms with van der Waals surface area (Å²) >= 11 is 0. The molecular weight excluding hydrogens is 320 g/mol. The average Bonchev–Trinajstić information content (AvgIpc) is 2.40. The number of aromatic nitrogens is 1. The van der Waals surface area contributed by atoms with Crippen molar-refractivity contribution in [1.29, 1.82) is 0 Å². The standard InChI is InChI=1S/C15H16N2O2.BrH/c1-16(2)13-7-9-17(10-8-13)11-15(19)12-3-5-14(18)6-4-12;/h3-10H,11H2,1-2H3;1H. The Morgan fingerprint density at radius 2 is 1.65 bits per heavy atom. The van der Waals surface area contributed by atoms with Gasteiger partial charge in [0.25, 0.3) is 0 Å². The van der Waals surface area contributed by atoms with Gasteiger partial charge in [-0.2, -0.15) is 4.57 Å². The average molecular weight is 337 g/mol. The molecule has 2 rings (SSSR count). The third-order valence-corrected chi connectivity index (χ3v) is 2.91. The van der Waals surface area contributed by atoms with Crippen molar-refractivity contribution < 1.29 is 31.4 Å². The van der Waals surface area contributed by atoms with Crippen LogP contribution in [0.1, 0.15) is 10.4 Å². The van der Waals surface area contributed by atoms with Crippen LogP contribution in [0.4, 0.5) is 5.69 Å². The summed E-state index contributed by atoms with van der Waals surface area (Å²) in [6.07, 6.45) is 3.77. The number of halogens is 1. The minimum atomic E-state index is 0. The second-order valence-corrected chi connectivity index (χ2v) is 4.59. The Labute approximate surface area is 129 Å². The zero-order chi connectivity index (χ0) is 13.8. The molecule has 0 saturated heterocycles. The lowest BCUT2D eigenvalue weighted by atomic mass is 10.1. The van der Waals surface area contributed by atoms with E-state index in [1.807, 2.05) is 48.1 Å². The molecule has 0 radical (unpaired) electrons. The van der Waals surface area contributed by atoms with Gasteiger partial charge in [-0.3, -0.25) is 4.79 Å². The lowest BCUT2D eigenvalue weighted by molar-refractivity contribution is -0.683. The number of ketones is 1. The van der Waals surface area contributed by atoms with Crippen LogP contribution in [-0.4, -0.2) is 25.0 Å². The molecule has 1 aromatic heterocycles. The van der Waals surface area contributed by atoms with E-state index < -0.39 is 0 Å². The van der Waals surface area contributed by atoms with Gasteiger partial charge >= 0.3 is 0 Å². The van der Waals surface area contributed by atoms with Gasteiger partial charge in [-0.15, -0.1) is 0 Å². The number of Topliss-reactive ketones (excluding diaryl/α,β-unsaturated/α-hetero) is 1. The van der Waals surface area contributed by atoms with E-state index in [0.29, 0.717) is 12.1 Å². The molecule has 1 heterocycles. The Hall–Kier alpha value is -1.88. The van der Waals surface area contributed by atoms with E-state index >= 15 is 0 Å². The van der Waals surface area contributed by atoms with Gasteiger partial charge in [-0.1, -0.05) is 0 Å². The van der Waals surface area contributed by atoms with Gasteiger partial charge in [0.2, 0.25) is 12.3 Å². The number of nitrogens with zero attached hydrogens (tertiary/aromatic N) is 2. The van der Waals surface area contributed by atoms with Crippen LogP contribution < -0.4 is 26.4 Å². The maximum absolute atomic E-state index is 12.0. The van der Waals surface area contributed by atoms with Gasteiger partial charge < -0.3 is 27.0 Å². The van der Waals surface area contributed by atoms with Gasteiger partial charge in [0, 0.05) is 37.5 Å². The van der Waals surface area contributed by atoms with Crippen LogP contribution in [0.2, 0.25) is 0 Å². The zero-order valence-electron chi connectivity index (χ0n) is 11.5. The monoisotopic (exact) mass is 336 g/mol. The van der Waals surface area contributed by atoms with Crippen molar-refractivity contribution in [2.24, 2.45) is 0 Å². The summed E-state index contributed by atoms with van der Waals surface area (Å²) in [6.45, 7) is 0.290. The van der Waals surface area contributed by atoms with Gasteiger partial charge in [0.05, 0.1) is 0 Å². The van der Waals surface area contributed by atoms with E-state index in [0.717, 1.165) is 5.69 Å². The molecule has 1 aromatic carbocycles. The summed E-state index contributed by atoms with van der Waals surface area (Å²) in [7, 11) is 3.95. The minimum absolute atomic E-state index is 0. The van der Waals surface area contributed by atoms with E-state index in [4.69, 9.17) is 0 Å². The Bertz CT molecular complexity index is 565. The van der Waals surface area contributed by atoms with E-state index in [-0.39, 0.29) is 28.5 Å². The summed E-state index contributed by atoms with van der Waals surface area (Å²) in [6, 6.07) is 10.2. The molecule has 5 heteroatoms. The molecule has 0 unspecified atom stereocenters. The van der Waals surface area contributed by atoms with Crippen LogP contribution in [0.25, 0.3) is 0 Å². The maximum Gasteiger partial charge on any atom is 0.227 e. The molecule has 0 fully saturated rings. The molecule has 20 heavy (non-hydrogen) atoms. The molecule has 2 aromatic rings. The Morgan fingerprint density at radius 3 is 2.15 bits per heavy atom. The summed E-state index contributed by atoms with van der Waals surface area (Å²) in [4.78, 5) is 14.0. The number of aromatic hydroxyl groups is 1. The molecule has 4 nitrogen and oxygen atoms in total. The highest BCUT2D eigenvalue weighted by molar-refractivity contribution is 5.95. The summed E-state index contributed by atoms with van der Waals surface area (Å²) < 4.78 is 1.84. The summed E-state index contributed by atoms with van der Waals surface area (Å²) in [5.41, 5.74) is 1.69. The molecule has 0 aliphatic carbocycles. The largest absolute Gasteiger partial charge is 1.00 e. The summed E-state index contributed by atoms with van der Waals surface area (Å²) in [5, 5.41) is 9.19. The molecule has 0 aliphatic rings. The highest BCUT2D eigenvalue weighted by atomic mass is 79.9. The molecule has 0 bridgehead atoms. The predicted molar refractivity (Wildman–Crippen MR) is 73.4 cm³/mol. The summed E-state index contributed by atoms with van der Waals surface area (Å²) in [5.74, 6) is 0.183. The van der Waals surface area contributed by atoms with Crippen LogP contribution in [0, 0.1) is 0 Å². The van der Waals surface area contributed by atoms with Crippen molar-refractivity contribution in [3.05, 3.63) is 54.4 Å². The van der Waals surface area contributed by atoms with Crippen molar-refractivity contribution in [3.8, 4) is 5.75 Å². The first-order valence-corrected chi connectivity index (χ1v) is 6.05. The first-order chi connectivity index (χ1) is 9.06. The van der Waals surface area contributed by atoms with Crippen LogP contribution in [-0.2, 0) is 6.54 Å². The topological polar surface area (TPSA) is 44.4 Å². The molecule has 0 saturated carbocycles. The second kappa shape index (κ2) is 7.05. The van der Waals surface area contributed by atoms with E-state index in [1.165, 1.54) is 12.1 Å². The number of pyridine rings is 1. The fourth-order valence-corrected chi connectivity index (χ4v) is 1.76. The lowest BCUT2D eigenvalue weighted by Crippen LogP contribution is -3.00. The quantitative estimate of drug-likeness (QED) is 0.553. The smallest absolute Gasteiger partial charge is 0.227 e. The highest BCUT2D eigenvalue weighted by Crippen LogP contribution is 2.10. The van der Waals surface area contributed by atoms with Crippen molar-refractivity contribution in [1.82, 2.24) is 0 Å². The van der Waals surface area contributed by atoms with E-state index in [1.54, 1.807) is 12.1 Å². The Kier molecular flexibility index (Phi) is 5.70. The minimum Gasteiger partial charge on any atom is -1.00 e. The van der Waals surface area contributed by atoms with Crippen LogP contribution in [0.3, 0.4) is 0 Å². The van der Waals surface area contributed by atoms with E-state index in [9.17, 15) is 9.90 Å². The molecular formula is C15H17BrN2O2. The molecule has 0 atom stereocenters. The first-order valence-electron chi connectivity index (χ1n) is 6.05. The number of hydrogen-bond acceptors (Lipinski definition) is 3. The SMILES string of the molecule is CN(C)c1cc[n+](CC(=O)c2ccc(O)cc2)cc1.[Br-]. The van der Waals surface area contributed by atoms with Gasteiger partial charge in [0.15, 0.2) is 12.4 Å². The van der Waals surface area contributed by atoms with E-state index in [2.05, 4.69) is 0 Å². The predicted octanol–water partition coefficient (Wildman–Crippen LogP) is -1.37. The van der Waals surface area contributed by atoms with Gasteiger partial charge in [0.1, 0.15) is 5.75 Å².